The van der Waals surface area contributed by atoms with Gasteiger partial charge in [-0.25, -0.2) is 0 Å². The number of nitrogens with zero attached hydrogens (tertiary/aromatic N) is 2. The van der Waals surface area contributed by atoms with E-state index in [2.05, 4.69) is 28.9 Å². The minimum Gasteiger partial charge on any atom is -0.491 e. The number of hydrogen-bond donors (Lipinski definition) is 1. The lowest BCUT2D eigenvalue weighted by atomic mass is 10.1. The maximum absolute atomic E-state index is 12.6. The van der Waals surface area contributed by atoms with Crippen molar-refractivity contribution in [3.63, 3.8) is 0 Å². The van der Waals surface area contributed by atoms with Crippen LogP contribution in [0.4, 0.5) is 0 Å². The van der Waals surface area contributed by atoms with Gasteiger partial charge in [-0.15, -0.1) is 11.3 Å². The fourth-order valence-corrected chi connectivity index (χ4v) is 4.60. The molecule has 5 nitrogen and oxygen atoms in total. The predicted molar refractivity (Wildman–Crippen MR) is 97.6 cm³/mol. The molecule has 4 rings (SSSR count). The Labute approximate surface area is 151 Å². The van der Waals surface area contributed by atoms with Gasteiger partial charge < -0.3 is 9.64 Å². The van der Waals surface area contributed by atoms with Gasteiger partial charge in [0.2, 0.25) is 5.91 Å². The molecule has 0 radical (unpaired) electrons. The number of nitriles is 1. The summed E-state index contributed by atoms with van der Waals surface area (Å²) in [5, 5.41) is 15.8. The topological polar surface area (TPSA) is 65.4 Å². The number of likely N-dealkylation sites (tertiary alicyclic amines) is 1. The molecule has 3 atom stereocenters. The summed E-state index contributed by atoms with van der Waals surface area (Å²) >= 11 is 1.71. The first-order valence-electron chi connectivity index (χ1n) is 8.81. The first-order valence-corrected chi connectivity index (χ1v) is 9.69. The van der Waals surface area contributed by atoms with Crippen LogP contribution in [0.2, 0.25) is 0 Å². The van der Waals surface area contributed by atoms with Crippen LogP contribution in [0.3, 0.4) is 0 Å². The highest BCUT2D eigenvalue weighted by molar-refractivity contribution is 7.17. The van der Waals surface area contributed by atoms with Crippen molar-refractivity contribution >= 4 is 27.3 Å². The molecule has 2 fully saturated rings. The van der Waals surface area contributed by atoms with Crippen LogP contribution >= 0.6 is 11.3 Å². The molecule has 1 N–H and O–H groups in total. The van der Waals surface area contributed by atoms with Gasteiger partial charge in [0.25, 0.3) is 0 Å². The van der Waals surface area contributed by atoms with Crippen molar-refractivity contribution in [3.05, 3.63) is 29.6 Å². The minimum atomic E-state index is -0.249. The van der Waals surface area contributed by atoms with Gasteiger partial charge in [0.05, 0.1) is 12.1 Å². The van der Waals surface area contributed by atoms with Crippen LogP contribution in [-0.4, -0.2) is 42.1 Å². The quantitative estimate of drug-likeness (QED) is 0.916. The van der Waals surface area contributed by atoms with E-state index < -0.39 is 0 Å². The average molecular weight is 355 g/mol. The van der Waals surface area contributed by atoms with Gasteiger partial charge in [0, 0.05) is 22.7 Å². The molecule has 6 heteroatoms. The van der Waals surface area contributed by atoms with Crippen LogP contribution < -0.4 is 10.1 Å². The monoisotopic (exact) mass is 355 g/mol. The summed E-state index contributed by atoms with van der Waals surface area (Å²) in [6, 6.07) is 10.2. The Bertz CT molecular complexity index is 812. The third-order valence-corrected chi connectivity index (χ3v) is 6.00. The number of amides is 1. The zero-order chi connectivity index (χ0) is 17.2. The second-order valence-corrected chi connectivity index (χ2v) is 7.66. The lowest BCUT2D eigenvalue weighted by Crippen LogP contribution is -2.47. The standard InChI is InChI=1S/C19H21N3O2S/c20-11-14-3-2-9-22(14)19(23)16-7-6-13(21-16)12-24-17-4-1-5-18-15(17)8-10-25-18/h1,4-5,8,10,13-14,16,21H,2-3,6-7,9,12H2/t13-,14+,16+/m1/s1. The first kappa shape index (κ1) is 16.4. The van der Waals surface area contributed by atoms with Crippen LogP contribution in [0.25, 0.3) is 10.1 Å². The third kappa shape index (κ3) is 3.22. The third-order valence-electron chi connectivity index (χ3n) is 5.12. The number of nitrogens with one attached hydrogen (secondary N) is 1. The molecule has 1 aromatic carbocycles. The van der Waals surface area contributed by atoms with E-state index in [1.54, 1.807) is 16.2 Å². The van der Waals surface area contributed by atoms with E-state index >= 15 is 0 Å². The van der Waals surface area contributed by atoms with E-state index in [4.69, 9.17) is 4.74 Å². The van der Waals surface area contributed by atoms with Crippen LogP contribution in [-0.2, 0) is 4.79 Å². The van der Waals surface area contributed by atoms with Crippen molar-refractivity contribution in [1.29, 1.82) is 5.26 Å². The van der Waals surface area contributed by atoms with E-state index in [9.17, 15) is 10.1 Å². The van der Waals surface area contributed by atoms with Gasteiger partial charge in [-0.3, -0.25) is 10.1 Å². The summed E-state index contributed by atoms with van der Waals surface area (Å²) in [6.45, 7) is 1.26. The van der Waals surface area contributed by atoms with E-state index in [0.717, 1.165) is 36.8 Å². The van der Waals surface area contributed by atoms with Crippen molar-refractivity contribution in [3.8, 4) is 11.8 Å². The number of benzene rings is 1. The molecule has 25 heavy (non-hydrogen) atoms. The fraction of sp³-hybridized carbons (Fsp3) is 0.474. The molecular weight excluding hydrogens is 334 g/mol. The molecule has 0 unspecified atom stereocenters. The molecule has 0 bridgehead atoms. The Hall–Kier alpha value is -2.10. The highest BCUT2D eigenvalue weighted by Crippen LogP contribution is 2.30. The fourth-order valence-electron chi connectivity index (χ4n) is 3.79. The number of fused-ring (bicyclic) bond motifs is 1. The molecule has 130 valence electrons. The van der Waals surface area contributed by atoms with Crippen molar-refractivity contribution in [2.24, 2.45) is 0 Å². The molecule has 2 aliphatic rings. The van der Waals surface area contributed by atoms with Crippen molar-refractivity contribution < 1.29 is 9.53 Å². The van der Waals surface area contributed by atoms with E-state index in [-0.39, 0.29) is 24.0 Å². The zero-order valence-corrected chi connectivity index (χ0v) is 14.8. The van der Waals surface area contributed by atoms with Gasteiger partial charge in [-0.1, -0.05) is 6.07 Å². The molecule has 2 aliphatic heterocycles. The Morgan fingerprint density at radius 3 is 3.16 bits per heavy atom. The number of rotatable bonds is 4. The second-order valence-electron chi connectivity index (χ2n) is 6.71. The van der Waals surface area contributed by atoms with Gasteiger partial charge in [-0.2, -0.15) is 5.26 Å². The van der Waals surface area contributed by atoms with Gasteiger partial charge in [0.15, 0.2) is 0 Å². The SMILES string of the molecule is N#C[C@@H]1CCCN1C(=O)[C@@H]1CC[C@H](COc2cccc3sccc23)N1. The lowest BCUT2D eigenvalue weighted by Gasteiger charge is -2.24. The summed E-state index contributed by atoms with van der Waals surface area (Å²) in [7, 11) is 0. The average Bonchev–Trinajstić information content (AvgIpc) is 3.38. The van der Waals surface area contributed by atoms with E-state index in [1.165, 1.54) is 4.70 Å². The molecular formula is C19H21N3O2S. The van der Waals surface area contributed by atoms with Crippen LogP contribution in [0.1, 0.15) is 25.7 Å². The molecule has 0 aliphatic carbocycles. The lowest BCUT2D eigenvalue weighted by molar-refractivity contribution is -0.133. The maximum atomic E-state index is 12.6. The number of thiophene rings is 1. The zero-order valence-electron chi connectivity index (χ0n) is 14.0. The minimum absolute atomic E-state index is 0.0755. The summed E-state index contributed by atoms with van der Waals surface area (Å²) in [5.74, 6) is 0.978. The Kier molecular flexibility index (Phi) is 4.60. The first-order chi connectivity index (χ1) is 12.3. The van der Waals surface area contributed by atoms with Crippen LogP contribution in [0, 0.1) is 11.3 Å². The Balaban J connectivity index is 1.34. The smallest absolute Gasteiger partial charge is 0.240 e. The summed E-state index contributed by atoms with van der Waals surface area (Å²) in [5.41, 5.74) is 0. The molecule has 1 aromatic heterocycles. The largest absolute Gasteiger partial charge is 0.491 e. The predicted octanol–water partition coefficient (Wildman–Crippen LogP) is 2.92. The maximum Gasteiger partial charge on any atom is 0.240 e. The molecule has 2 aromatic rings. The summed E-state index contributed by atoms with van der Waals surface area (Å²) < 4.78 is 7.25. The summed E-state index contributed by atoms with van der Waals surface area (Å²) in [6.07, 6.45) is 3.45. The van der Waals surface area contributed by atoms with Crippen molar-refractivity contribution in [1.82, 2.24) is 10.2 Å². The van der Waals surface area contributed by atoms with E-state index in [0.29, 0.717) is 13.2 Å². The highest BCUT2D eigenvalue weighted by atomic mass is 32.1. The number of ether oxygens (including phenoxy) is 1. The number of hydrogen-bond acceptors (Lipinski definition) is 5. The van der Waals surface area contributed by atoms with Crippen LogP contribution in [0.5, 0.6) is 5.75 Å². The Morgan fingerprint density at radius 1 is 1.36 bits per heavy atom. The van der Waals surface area contributed by atoms with E-state index in [1.807, 2.05) is 12.1 Å². The second kappa shape index (κ2) is 7.03. The molecule has 0 spiro atoms. The normalized spacial score (nSPS) is 26.0. The number of carbonyl (C=O) groups is 1. The Morgan fingerprint density at radius 2 is 2.28 bits per heavy atom. The molecule has 0 saturated carbocycles. The van der Waals surface area contributed by atoms with Crippen molar-refractivity contribution in [2.75, 3.05) is 13.2 Å². The number of carbonyl (C=O) groups excluding carboxylic acids is 1. The highest BCUT2D eigenvalue weighted by Gasteiger charge is 2.36. The molecule has 2 saturated heterocycles. The molecule has 3 heterocycles. The van der Waals surface area contributed by atoms with Gasteiger partial charge in [-0.05, 0) is 49.3 Å². The van der Waals surface area contributed by atoms with Crippen molar-refractivity contribution in [2.45, 2.75) is 43.8 Å². The van der Waals surface area contributed by atoms with Gasteiger partial charge >= 0.3 is 0 Å². The summed E-state index contributed by atoms with van der Waals surface area (Å²) in [4.78, 5) is 14.4. The van der Waals surface area contributed by atoms with Gasteiger partial charge in [0.1, 0.15) is 18.4 Å². The molecule has 1 amide bonds. The van der Waals surface area contributed by atoms with Crippen LogP contribution in [0.15, 0.2) is 29.6 Å².